The third-order valence-electron chi connectivity index (χ3n) is 2.96. The number of anilines is 1. The van der Waals surface area contributed by atoms with Gasteiger partial charge in [-0.05, 0) is 31.2 Å². The number of hydrogen-bond donors (Lipinski definition) is 1. The van der Waals surface area contributed by atoms with Crippen molar-refractivity contribution >= 4 is 21.4 Å². The van der Waals surface area contributed by atoms with Gasteiger partial charge in [-0.15, -0.1) is 13.2 Å². The summed E-state index contributed by atoms with van der Waals surface area (Å²) in [5, 5.41) is 10.9. The van der Waals surface area contributed by atoms with Crippen molar-refractivity contribution in [3.63, 3.8) is 0 Å². The molecule has 134 valence electrons. The van der Waals surface area contributed by atoms with E-state index >= 15 is 0 Å². The molecule has 1 N–H and O–H groups in total. The molecule has 0 aliphatic rings. The van der Waals surface area contributed by atoms with Crippen LogP contribution in [0.1, 0.15) is 5.56 Å². The fourth-order valence-electron chi connectivity index (χ4n) is 1.87. The standard InChI is InChI=1S/C14H11F3N2O5S/c1-9-2-5-11(6-3-9)25(22,23)18-10-4-7-13(24-14(15,16)17)12(8-10)19(20)21/h2-8,18H,1H3. The fraction of sp³-hybridized carbons (Fsp3) is 0.143. The number of halogens is 3. The number of aryl methyl sites for hydroxylation is 1. The molecule has 0 fully saturated rings. The molecule has 2 aromatic carbocycles. The van der Waals surface area contributed by atoms with E-state index in [4.69, 9.17) is 0 Å². The van der Waals surface area contributed by atoms with Crippen molar-refractivity contribution in [2.75, 3.05) is 4.72 Å². The maximum absolute atomic E-state index is 12.3. The van der Waals surface area contributed by atoms with Crippen LogP contribution in [0, 0.1) is 17.0 Å². The highest BCUT2D eigenvalue weighted by Gasteiger charge is 2.34. The molecule has 11 heteroatoms. The van der Waals surface area contributed by atoms with Crippen LogP contribution in [-0.2, 0) is 10.0 Å². The average Bonchev–Trinajstić information content (AvgIpc) is 2.47. The van der Waals surface area contributed by atoms with E-state index in [0.717, 1.165) is 11.6 Å². The van der Waals surface area contributed by atoms with E-state index in [2.05, 4.69) is 9.46 Å². The van der Waals surface area contributed by atoms with Gasteiger partial charge in [0.05, 0.1) is 15.5 Å². The Hall–Kier alpha value is -2.82. The van der Waals surface area contributed by atoms with Crippen LogP contribution in [0.2, 0.25) is 0 Å². The molecule has 0 saturated heterocycles. The zero-order valence-electron chi connectivity index (χ0n) is 12.6. The van der Waals surface area contributed by atoms with E-state index in [1.807, 2.05) is 0 Å². The minimum atomic E-state index is -5.12. The Balaban J connectivity index is 2.35. The molecule has 0 aliphatic heterocycles. The molecule has 2 aromatic rings. The lowest BCUT2D eigenvalue weighted by atomic mass is 10.2. The molecule has 0 unspecified atom stereocenters. The van der Waals surface area contributed by atoms with E-state index in [0.29, 0.717) is 12.1 Å². The summed E-state index contributed by atoms with van der Waals surface area (Å²) in [5.41, 5.74) is -0.480. The second-order valence-corrected chi connectivity index (χ2v) is 6.59. The Morgan fingerprint density at radius 3 is 2.24 bits per heavy atom. The van der Waals surface area contributed by atoms with Gasteiger partial charge in [-0.2, -0.15) is 0 Å². The lowest BCUT2D eigenvalue weighted by Crippen LogP contribution is -2.18. The number of benzene rings is 2. The van der Waals surface area contributed by atoms with E-state index in [1.54, 1.807) is 19.1 Å². The van der Waals surface area contributed by atoms with Crippen molar-refractivity contribution in [3.8, 4) is 5.75 Å². The first kappa shape index (κ1) is 18.5. The predicted octanol–water partition coefficient (Wildman–Crippen LogP) is 3.60. The molecular weight excluding hydrogens is 365 g/mol. The van der Waals surface area contributed by atoms with Gasteiger partial charge in [0.25, 0.3) is 10.0 Å². The summed E-state index contributed by atoms with van der Waals surface area (Å²) in [6, 6.07) is 8.00. The number of nitro groups is 1. The Morgan fingerprint density at radius 2 is 1.72 bits per heavy atom. The van der Waals surface area contributed by atoms with Gasteiger partial charge in [0.1, 0.15) is 0 Å². The maximum atomic E-state index is 12.3. The van der Waals surface area contributed by atoms with Crippen LogP contribution in [0.3, 0.4) is 0 Å². The molecule has 0 heterocycles. The molecule has 2 rings (SSSR count). The van der Waals surface area contributed by atoms with Crippen LogP contribution < -0.4 is 9.46 Å². The van der Waals surface area contributed by atoms with Crippen LogP contribution in [0.15, 0.2) is 47.4 Å². The number of nitro benzene ring substituents is 1. The molecule has 0 atom stereocenters. The first-order valence-corrected chi connectivity index (χ1v) is 8.10. The third kappa shape index (κ3) is 4.83. The summed E-state index contributed by atoms with van der Waals surface area (Å²) < 4.78 is 66.8. The first-order chi connectivity index (χ1) is 11.5. The summed E-state index contributed by atoms with van der Waals surface area (Å²) in [4.78, 5) is 9.71. The lowest BCUT2D eigenvalue weighted by molar-refractivity contribution is -0.388. The molecule has 0 aromatic heterocycles. The average molecular weight is 376 g/mol. The van der Waals surface area contributed by atoms with Crippen molar-refractivity contribution < 1.29 is 31.2 Å². The summed E-state index contributed by atoms with van der Waals surface area (Å²) in [6.07, 6.45) is -5.12. The van der Waals surface area contributed by atoms with E-state index in [9.17, 15) is 31.7 Å². The molecule has 0 radical (unpaired) electrons. The van der Waals surface area contributed by atoms with E-state index in [-0.39, 0.29) is 10.6 Å². The van der Waals surface area contributed by atoms with Crippen molar-refractivity contribution in [2.45, 2.75) is 18.2 Å². The zero-order valence-corrected chi connectivity index (χ0v) is 13.4. The van der Waals surface area contributed by atoms with Gasteiger partial charge in [0.2, 0.25) is 5.75 Å². The smallest absolute Gasteiger partial charge is 0.398 e. The number of sulfonamides is 1. The number of ether oxygens (including phenoxy) is 1. The Labute approximate surface area is 140 Å². The van der Waals surface area contributed by atoms with Gasteiger partial charge >= 0.3 is 12.0 Å². The number of alkyl halides is 3. The molecule has 7 nitrogen and oxygen atoms in total. The van der Waals surface area contributed by atoms with Crippen molar-refractivity contribution in [1.82, 2.24) is 0 Å². The second-order valence-electron chi connectivity index (χ2n) is 4.91. The van der Waals surface area contributed by atoms with Gasteiger partial charge < -0.3 is 4.74 Å². The lowest BCUT2D eigenvalue weighted by Gasteiger charge is -2.11. The van der Waals surface area contributed by atoms with Crippen molar-refractivity contribution in [2.24, 2.45) is 0 Å². The van der Waals surface area contributed by atoms with Crippen LogP contribution in [0.25, 0.3) is 0 Å². The highest BCUT2D eigenvalue weighted by Crippen LogP contribution is 2.34. The molecule has 0 amide bonds. The SMILES string of the molecule is Cc1ccc(S(=O)(=O)Nc2ccc(OC(F)(F)F)c([N+](=O)[O-])c2)cc1. The van der Waals surface area contributed by atoms with Crippen LogP contribution in [0.4, 0.5) is 24.5 Å². The van der Waals surface area contributed by atoms with Crippen LogP contribution in [-0.4, -0.2) is 19.7 Å². The molecule has 0 bridgehead atoms. The summed E-state index contributed by atoms with van der Waals surface area (Å²) in [6.45, 7) is 1.76. The summed E-state index contributed by atoms with van der Waals surface area (Å²) >= 11 is 0. The highest BCUT2D eigenvalue weighted by atomic mass is 32.2. The third-order valence-corrected chi connectivity index (χ3v) is 4.36. The normalized spacial score (nSPS) is 11.8. The molecule has 0 saturated carbocycles. The van der Waals surface area contributed by atoms with Gasteiger partial charge in [-0.3, -0.25) is 14.8 Å². The minimum absolute atomic E-state index is 0.101. The number of rotatable bonds is 5. The largest absolute Gasteiger partial charge is 0.573 e. The van der Waals surface area contributed by atoms with Gasteiger partial charge in [0, 0.05) is 6.07 Å². The Morgan fingerprint density at radius 1 is 1.12 bits per heavy atom. The van der Waals surface area contributed by atoms with Crippen LogP contribution in [0.5, 0.6) is 5.75 Å². The first-order valence-electron chi connectivity index (χ1n) is 6.61. The predicted molar refractivity (Wildman–Crippen MR) is 81.8 cm³/mol. The molecule has 25 heavy (non-hydrogen) atoms. The Kier molecular flexibility index (Phi) is 4.88. The fourth-order valence-corrected chi connectivity index (χ4v) is 2.92. The topological polar surface area (TPSA) is 98.5 Å². The van der Waals surface area contributed by atoms with Crippen molar-refractivity contribution in [3.05, 3.63) is 58.1 Å². The van der Waals surface area contributed by atoms with Gasteiger partial charge in [-0.1, -0.05) is 17.7 Å². The summed E-state index contributed by atoms with van der Waals surface area (Å²) in [5.74, 6) is -1.05. The van der Waals surface area contributed by atoms with E-state index < -0.39 is 32.7 Å². The second kappa shape index (κ2) is 6.59. The van der Waals surface area contributed by atoms with Crippen molar-refractivity contribution in [1.29, 1.82) is 0 Å². The maximum Gasteiger partial charge on any atom is 0.573 e. The molecule has 0 spiro atoms. The number of nitrogens with zero attached hydrogens (tertiary/aromatic N) is 1. The quantitative estimate of drug-likeness (QED) is 0.635. The molecular formula is C14H11F3N2O5S. The number of hydrogen-bond acceptors (Lipinski definition) is 5. The minimum Gasteiger partial charge on any atom is -0.398 e. The highest BCUT2D eigenvalue weighted by molar-refractivity contribution is 7.92. The van der Waals surface area contributed by atoms with E-state index in [1.165, 1.54) is 12.1 Å². The molecule has 0 aliphatic carbocycles. The monoisotopic (exact) mass is 376 g/mol. The van der Waals surface area contributed by atoms with Gasteiger partial charge in [-0.25, -0.2) is 8.42 Å². The zero-order chi connectivity index (χ0) is 18.8. The Bertz CT molecular complexity index is 896. The number of nitrogens with one attached hydrogen (secondary N) is 1. The summed E-state index contributed by atoms with van der Waals surface area (Å²) in [7, 11) is -4.06. The van der Waals surface area contributed by atoms with Gasteiger partial charge in [0.15, 0.2) is 0 Å². The van der Waals surface area contributed by atoms with Crippen LogP contribution >= 0.6 is 0 Å².